The van der Waals surface area contributed by atoms with Crippen molar-refractivity contribution in [2.45, 2.75) is 18.9 Å². The van der Waals surface area contributed by atoms with Gasteiger partial charge in [-0.3, -0.25) is 15.2 Å². The number of hydrogen-bond acceptors (Lipinski definition) is 6. The molecule has 2 N–H and O–H groups in total. The lowest BCUT2D eigenvalue weighted by Gasteiger charge is -2.29. The molecule has 0 aliphatic heterocycles. The summed E-state index contributed by atoms with van der Waals surface area (Å²) in [6.45, 7) is 1.86. The first-order valence-corrected chi connectivity index (χ1v) is 7.71. The van der Waals surface area contributed by atoms with Gasteiger partial charge in [0.1, 0.15) is 0 Å². The van der Waals surface area contributed by atoms with Gasteiger partial charge >= 0.3 is 0 Å². The standard InChI is InChI=1S/C18H20N6O/c1-18(21-2,8-17(25)24(3)12-20)16-11-22-10-15(23-16)14-6-4-5-13(7-14)9-19/h4-7,10-12,20-21H,8H2,1-3H3/t18-/m0/s1. The number of carbonyl (C=O) groups is 1. The first kappa shape index (κ1) is 18.2. The summed E-state index contributed by atoms with van der Waals surface area (Å²) in [7, 11) is 3.29. The van der Waals surface area contributed by atoms with E-state index in [1.165, 1.54) is 4.90 Å². The van der Waals surface area contributed by atoms with E-state index < -0.39 is 5.54 Å². The first-order valence-electron chi connectivity index (χ1n) is 7.71. The summed E-state index contributed by atoms with van der Waals surface area (Å²) in [5.41, 5.74) is 1.84. The summed E-state index contributed by atoms with van der Waals surface area (Å²) in [6, 6.07) is 9.24. The summed E-state index contributed by atoms with van der Waals surface area (Å²) in [5, 5.41) is 19.4. The molecule has 7 nitrogen and oxygen atoms in total. The average Bonchev–Trinajstić information content (AvgIpc) is 2.67. The first-order chi connectivity index (χ1) is 11.9. The fourth-order valence-corrected chi connectivity index (χ4v) is 2.33. The van der Waals surface area contributed by atoms with E-state index in [0.717, 1.165) is 11.9 Å². The number of benzene rings is 1. The largest absolute Gasteiger partial charge is 0.309 e. The van der Waals surface area contributed by atoms with Gasteiger partial charge in [0.15, 0.2) is 0 Å². The minimum atomic E-state index is -0.732. The molecule has 0 aliphatic carbocycles. The number of aromatic nitrogens is 2. The van der Waals surface area contributed by atoms with Crippen molar-refractivity contribution in [1.82, 2.24) is 20.2 Å². The number of carbonyl (C=O) groups excluding carboxylic acids is 1. The number of nitrogens with zero attached hydrogens (tertiary/aromatic N) is 4. The molecule has 1 aromatic carbocycles. The number of amides is 1. The van der Waals surface area contributed by atoms with Crippen molar-refractivity contribution in [3.63, 3.8) is 0 Å². The molecule has 0 bridgehead atoms. The fourth-order valence-electron chi connectivity index (χ4n) is 2.33. The molecule has 0 aliphatic rings. The normalized spacial score (nSPS) is 12.7. The van der Waals surface area contributed by atoms with Gasteiger partial charge in [-0.2, -0.15) is 5.26 Å². The predicted octanol–water partition coefficient (Wildman–Crippen LogP) is 1.91. The summed E-state index contributed by atoms with van der Waals surface area (Å²) in [6.07, 6.45) is 4.35. The molecule has 0 radical (unpaired) electrons. The molecule has 0 unspecified atom stereocenters. The minimum Gasteiger partial charge on any atom is -0.309 e. The van der Waals surface area contributed by atoms with Gasteiger partial charge in [0.25, 0.3) is 0 Å². The molecule has 1 atom stereocenters. The Hall–Kier alpha value is -3.11. The van der Waals surface area contributed by atoms with Gasteiger partial charge in [-0.25, -0.2) is 4.98 Å². The van der Waals surface area contributed by atoms with Crippen LogP contribution in [0.25, 0.3) is 11.3 Å². The monoisotopic (exact) mass is 336 g/mol. The minimum absolute atomic E-state index is 0.131. The highest BCUT2D eigenvalue weighted by Crippen LogP contribution is 2.25. The third kappa shape index (κ3) is 4.05. The molecule has 25 heavy (non-hydrogen) atoms. The van der Waals surface area contributed by atoms with E-state index in [9.17, 15) is 4.79 Å². The van der Waals surface area contributed by atoms with Crippen molar-refractivity contribution in [2.75, 3.05) is 14.1 Å². The van der Waals surface area contributed by atoms with Crippen LogP contribution < -0.4 is 5.32 Å². The van der Waals surface area contributed by atoms with Gasteiger partial charge in [0, 0.05) is 12.6 Å². The van der Waals surface area contributed by atoms with Gasteiger partial charge in [-0.15, -0.1) is 0 Å². The van der Waals surface area contributed by atoms with Gasteiger partial charge in [-0.05, 0) is 26.1 Å². The quantitative estimate of drug-likeness (QED) is 0.619. The lowest BCUT2D eigenvalue weighted by Crippen LogP contribution is -2.43. The van der Waals surface area contributed by atoms with E-state index in [1.807, 2.05) is 13.0 Å². The Morgan fingerprint density at radius 1 is 1.48 bits per heavy atom. The second-order valence-electron chi connectivity index (χ2n) is 5.87. The zero-order chi connectivity index (χ0) is 18.4. The Balaban J connectivity index is 2.39. The van der Waals surface area contributed by atoms with E-state index in [0.29, 0.717) is 17.0 Å². The van der Waals surface area contributed by atoms with Gasteiger partial charge in [0.2, 0.25) is 5.91 Å². The van der Waals surface area contributed by atoms with Crippen LogP contribution in [0.1, 0.15) is 24.6 Å². The van der Waals surface area contributed by atoms with Crippen molar-refractivity contribution in [2.24, 2.45) is 0 Å². The van der Waals surface area contributed by atoms with Crippen LogP contribution in [0.5, 0.6) is 0 Å². The second kappa shape index (κ2) is 7.64. The lowest BCUT2D eigenvalue weighted by molar-refractivity contribution is -0.127. The van der Waals surface area contributed by atoms with Crippen molar-refractivity contribution < 1.29 is 4.79 Å². The maximum absolute atomic E-state index is 12.2. The average molecular weight is 336 g/mol. The second-order valence-corrected chi connectivity index (χ2v) is 5.87. The van der Waals surface area contributed by atoms with Crippen LogP contribution in [0.15, 0.2) is 36.7 Å². The Bertz CT molecular complexity index is 828. The van der Waals surface area contributed by atoms with Crippen molar-refractivity contribution >= 4 is 12.2 Å². The summed E-state index contributed by atoms with van der Waals surface area (Å²) in [4.78, 5) is 22.3. The molecule has 1 heterocycles. The summed E-state index contributed by atoms with van der Waals surface area (Å²) >= 11 is 0. The molecule has 0 fully saturated rings. The number of nitrogens with one attached hydrogen (secondary N) is 2. The van der Waals surface area contributed by atoms with Gasteiger partial charge < -0.3 is 10.2 Å². The highest BCUT2D eigenvalue weighted by Gasteiger charge is 2.31. The number of hydrogen-bond donors (Lipinski definition) is 2. The van der Waals surface area contributed by atoms with Crippen molar-refractivity contribution in [3.8, 4) is 17.3 Å². The van der Waals surface area contributed by atoms with Crippen molar-refractivity contribution in [1.29, 1.82) is 10.7 Å². The topological polar surface area (TPSA) is 106 Å². The summed E-state index contributed by atoms with van der Waals surface area (Å²) in [5.74, 6) is -0.203. The van der Waals surface area contributed by atoms with E-state index in [2.05, 4.69) is 21.4 Å². The molecular weight excluding hydrogens is 316 g/mol. The zero-order valence-electron chi connectivity index (χ0n) is 14.4. The van der Waals surface area contributed by atoms with Gasteiger partial charge in [-0.1, -0.05) is 12.1 Å². The maximum atomic E-state index is 12.2. The van der Waals surface area contributed by atoms with Crippen molar-refractivity contribution in [3.05, 3.63) is 47.9 Å². The SMILES string of the molecule is CN[C@@](C)(CC(=O)N(C)C=N)c1cncc(-c2cccc(C#N)c2)n1. The third-order valence-electron chi connectivity index (χ3n) is 4.13. The van der Waals surface area contributed by atoms with Crippen LogP contribution in [-0.2, 0) is 10.3 Å². The molecular formula is C18H20N6O. The maximum Gasteiger partial charge on any atom is 0.229 e. The smallest absolute Gasteiger partial charge is 0.229 e. The number of nitriles is 1. The van der Waals surface area contributed by atoms with Crippen LogP contribution in [-0.4, -0.2) is 41.2 Å². The van der Waals surface area contributed by atoms with Gasteiger partial charge in [0.05, 0.1) is 53.7 Å². The van der Waals surface area contributed by atoms with E-state index in [-0.39, 0.29) is 12.3 Å². The fraction of sp³-hybridized carbons (Fsp3) is 0.278. The van der Waals surface area contributed by atoms with Crippen LogP contribution >= 0.6 is 0 Å². The highest BCUT2D eigenvalue weighted by molar-refractivity contribution is 5.87. The molecule has 1 aromatic heterocycles. The molecule has 128 valence electrons. The Kier molecular flexibility index (Phi) is 5.57. The predicted molar refractivity (Wildman–Crippen MR) is 94.8 cm³/mol. The third-order valence-corrected chi connectivity index (χ3v) is 4.13. The van der Waals surface area contributed by atoms with Crippen LogP contribution in [0, 0.1) is 16.7 Å². The van der Waals surface area contributed by atoms with Crippen LogP contribution in [0.2, 0.25) is 0 Å². The molecule has 0 saturated carbocycles. The van der Waals surface area contributed by atoms with E-state index in [1.54, 1.807) is 44.7 Å². The molecule has 2 rings (SSSR count). The molecule has 2 aromatic rings. The molecule has 7 heteroatoms. The Morgan fingerprint density at radius 2 is 2.24 bits per heavy atom. The van der Waals surface area contributed by atoms with Crippen LogP contribution in [0.3, 0.4) is 0 Å². The molecule has 1 amide bonds. The van der Waals surface area contributed by atoms with E-state index in [4.69, 9.17) is 10.7 Å². The highest BCUT2D eigenvalue weighted by atomic mass is 16.2. The number of rotatable bonds is 6. The zero-order valence-corrected chi connectivity index (χ0v) is 14.4. The Morgan fingerprint density at radius 3 is 2.88 bits per heavy atom. The van der Waals surface area contributed by atoms with Crippen LogP contribution in [0.4, 0.5) is 0 Å². The Labute approximate surface area is 146 Å². The lowest BCUT2D eigenvalue weighted by atomic mass is 9.93. The van der Waals surface area contributed by atoms with E-state index >= 15 is 0 Å². The molecule has 0 saturated heterocycles. The summed E-state index contributed by atoms with van der Waals surface area (Å²) < 4.78 is 0. The molecule has 0 spiro atoms.